The van der Waals surface area contributed by atoms with Crippen molar-refractivity contribution < 1.29 is 4.79 Å². The van der Waals surface area contributed by atoms with Gasteiger partial charge in [-0.25, -0.2) is 0 Å². The van der Waals surface area contributed by atoms with E-state index in [1.54, 1.807) is 0 Å². The Hall–Kier alpha value is -0.100. The fraction of sp³-hybridized carbons (Fsp3) is 0.500. The van der Waals surface area contributed by atoms with E-state index in [9.17, 15) is 4.79 Å². The molecule has 0 aliphatic heterocycles. The molecule has 0 radical (unpaired) electrons. The molecule has 0 aliphatic rings. The molecule has 0 unspecified atom stereocenters. The number of carbonyl (C=O) groups excluding carboxylic acids is 1. The highest BCUT2D eigenvalue weighted by Gasteiger charge is 2.08. The molecule has 0 spiro atoms. The average molecular weight is 424 g/mol. The summed E-state index contributed by atoms with van der Waals surface area (Å²) in [4.78, 5) is 11.9. The molecule has 1 aromatic rings. The molecule has 0 saturated carbocycles. The molecule has 1 N–H and O–H groups in total. The van der Waals surface area contributed by atoms with Crippen molar-refractivity contribution in [3.63, 3.8) is 0 Å². The molecular weight excluding hydrogens is 405 g/mol. The topological polar surface area (TPSA) is 29.1 Å². The zero-order valence-corrected chi connectivity index (χ0v) is 14.4. The van der Waals surface area contributed by atoms with Crippen LogP contribution < -0.4 is 5.32 Å². The molecule has 1 amide bonds. The highest BCUT2D eigenvalue weighted by molar-refractivity contribution is 14.1. The zero-order valence-electron chi connectivity index (χ0n) is 10.6. The first-order valence-corrected chi connectivity index (χ1v) is 8.57. The van der Waals surface area contributed by atoms with Crippen molar-refractivity contribution in [2.45, 2.75) is 32.6 Å². The first-order chi connectivity index (χ1) is 8.65. The molecule has 100 valence electrons. The Labute approximate surface area is 131 Å². The number of aryl methyl sites for hydroxylation is 1. The summed E-state index contributed by atoms with van der Waals surface area (Å²) >= 11 is 5.83. The maximum absolute atomic E-state index is 11.9. The highest BCUT2D eigenvalue weighted by Crippen LogP contribution is 2.18. The molecule has 1 aromatic carbocycles. The average Bonchev–Trinajstić information content (AvgIpc) is 2.33. The van der Waals surface area contributed by atoms with Crippen molar-refractivity contribution in [1.29, 1.82) is 0 Å². The van der Waals surface area contributed by atoms with Gasteiger partial charge >= 0.3 is 0 Å². The molecule has 0 heterocycles. The highest BCUT2D eigenvalue weighted by atomic mass is 127. The summed E-state index contributed by atoms with van der Waals surface area (Å²) in [6, 6.07) is 5.79. The number of halogens is 2. The third-order valence-electron chi connectivity index (χ3n) is 2.72. The fourth-order valence-corrected chi connectivity index (χ4v) is 2.89. The lowest BCUT2D eigenvalue weighted by molar-refractivity contribution is 0.0952. The van der Waals surface area contributed by atoms with E-state index < -0.39 is 0 Å². The Kier molecular flexibility index (Phi) is 7.90. The van der Waals surface area contributed by atoms with Crippen LogP contribution in [-0.4, -0.2) is 16.9 Å². The maximum Gasteiger partial charge on any atom is 0.252 e. The smallest absolute Gasteiger partial charge is 0.252 e. The SMILES string of the molecule is Cc1ccc(C(=O)NCCCCCCI)c(Br)c1. The van der Waals surface area contributed by atoms with Gasteiger partial charge in [0.05, 0.1) is 5.56 Å². The molecule has 1 rings (SSSR count). The van der Waals surface area contributed by atoms with Crippen LogP contribution in [-0.2, 0) is 0 Å². The minimum atomic E-state index is 0.00997. The van der Waals surface area contributed by atoms with Gasteiger partial charge in [-0.2, -0.15) is 0 Å². The van der Waals surface area contributed by atoms with Gasteiger partial charge in [0.2, 0.25) is 0 Å². The maximum atomic E-state index is 11.9. The number of hydrogen-bond acceptors (Lipinski definition) is 1. The van der Waals surface area contributed by atoms with Gasteiger partial charge in [-0.15, -0.1) is 0 Å². The van der Waals surface area contributed by atoms with Crippen LogP contribution in [0.4, 0.5) is 0 Å². The van der Waals surface area contributed by atoms with Gasteiger partial charge in [0.15, 0.2) is 0 Å². The Morgan fingerprint density at radius 1 is 1.28 bits per heavy atom. The predicted octanol–water partition coefficient (Wildman–Crippen LogP) is 4.48. The quantitative estimate of drug-likeness (QED) is 0.391. The molecule has 0 saturated heterocycles. The van der Waals surface area contributed by atoms with Gasteiger partial charge in [0, 0.05) is 11.0 Å². The summed E-state index contributed by atoms with van der Waals surface area (Å²) in [6.07, 6.45) is 4.79. The summed E-state index contributed by atoms with van der Waals surface area (Å²) in [6.45, 7) is 2.78. The first kappa shape index (κ1) is 16.0. The molecule has 0 aliphatic carbocycles. The number of unbranched alkanes of at least 4 members (excludes halogenated alkanes) is 3. The molecule has 4 heteroatoms. The van der Waals surface area contributed by atoms with Crippen molar-refractivity contribution in [2.24, 2.45) is 0 Å². The van der Waals surface area contributed by atoms with Gasteiger partial charge in [-0.1, -0.05) is 41.5 Å². The largest absolute Gasteiger partial charge is 0.352 e. The van der Waals surface area contributed by atoms with Crippen LogP contribution in [0.3, 0.4) is 0 Å². The molecule has 0 atom stereocenters. The number of carbonyl (C=O) groups is 1. The minimum Gasteiger partial charge on any atom is -0.352 e. The summed E-state index contributed by atoms with van der Waals surface area (Å²) in [5, 5.41) is 2.97. The summed E-state index contributed by atoms with van der Waals surface area (Å²) in [5.74, 6) is 0.00997. The second-order valence-corrected chi connectivity index (χ2v) is 6.28. The Morgan fingerprint density at radius 3 is 2.67 bits per heavy atom. The van der Waals surface area contributed by atoms with Gasteiger partial charge in [0.25, 0.3) is 5.91 Å². The Morgan fingerprint density at radius 2 is 2.00 bits per heavy atom. The van der Waals surface area contributed by atoms with E-state index in [2.05, 4.69) is 43.8 Å². The number of amides is 1. The Balaban J connectivity index is 2.32. The van der Waals surface area contributed by atoms with Crippen molar-refractivity contribution in [3.8, 4) is 0 Å². The fourth-order valence-electron chi connectivity index (χ4n) is 1.67. The van der Waals surface area contributed by atoms with E-state index in [4.69, 9.17) is 0 Å². The van der Waals surface area contributed by atoms with Crippen LogP contribution in [0.1, 0.15) is 41.6 Å². The van der Waals surface area contributed by atoms with E-state index in [1.807, 2.05) is 25.1 Å². The lowest BCUT2D eigenvalue weighted by Gasteiger charge is -2.07. The van der Waals surface area contributed by atoms with Crippen molar-refractivity contribution >= 4 is 44.4 Å². The normalized spacial score (nSPS) is 10.4. The lowest BCUT2D eigenvalue weighted by atomic mass is 10.1. The van der Waals surface area contributed by atoms with Gasteiger partial charge in [-0.3, -0.25) is 4.79 Å². The number of alkyl halides is 1. The van der Waals surface area contributed by atoms with Gasteiger partial charge in [0.1, 0.15) is 0 Å². The molecule has 0 fully saturated rings. The van der Waals surface area contributed by atoms with Gasteiger partial charge in [-0.05, 0) is 57.8 Å². The number of benzene rings is 1. The van der Waals surface area contributed by atoms with E-state index in [0.717, 1.165) is 23.0 Å². The monoisotopic (exact) mass is 423 g/mol. The standard InChI is InChI=1S/C14H19BrINO/c1-11-6-7-12(13(15)10-11)14(18)17-9-5-3-2-4-8-16/h6-7,10H,2-5,8-9H2,1H3,(H,17,18). The van der Waals surface area contributed by atoms with Crippen molar-refractivity contribution in [2.75, 3.05) is 11.0 Å². The van der Waals surface area contributed by atoms with Crippen LogP contribution in [0, 0.1) is 6.92 Å². The third kappa shape index (κ3) is 5.69. The van der Waals surface area contributed by atoms with Crippen LogP contribution in [0.15, 0.2) is 22.7 Å². The van der Waals surface area contributed by atoms with Crippen molar-refractivity contribution in [3.05, 3.63) is 33.8 Å². The summed E-state index contributed by atoms with van der Waals surface area (Å²) in [5.41, 5.74) is 1.87. The van der Waals surface area contributed by atoms with E-state index >= 15 is 0 Å². The second-order valence-electron chi connectivity index (χ2n) is 4.34. The molecule has 2 nitrogen and oxygen atoms in total. The molecular formula is C14H19BrINO. The van der Waals surface area contributed by atoms with Crippen LogP contribution in [0.2, 0.25) is 0 Å². The van der Waals surface area contributed by atoms with Crippen LogP contribution in [0.5, 0.6) is 0 Å². The van der Waals surface area contributed by atoms with Crippen molar-refractivity contribution in [1.82, 2.24) is 5.32 Å². The summed E-state index contributed by atoms with van der Waals surface area (Å²) < 4.78 is 2.09. The predicted molar refractivity (Wildman–Crippen MR) is 88.6 cm³/mol. The van der Waals surface area contributed by atoms with Crippen LogP contribution in [0.25, 0.3) is 0 Å². The second kappa shape index (κ2) is 8.91. The van der Waals surface area contributed by atoms with Gasteiger partial charge < -0.3 is 5.32 Å². The van der Waals surface area contributed by atoms with Crippen LogP contribution >= 0.6 is 38.5 Å². The molecule has 0 aromatic heterocycles. The summed E-state index contributed by atoms with van der Waals surface area (Å²) in [7, 11) is 0. The Bertz CT molecular complexity index is 395. The lowest BCUT2D eigenvalue weighted by Crippen LogP contribution is -2.24. The third-order valence-corrected chi connectivity index (χ3v) is 4.13. The van der Waals surface area contributed by atoms with E-state index in [1.165, 1.54) is 23.7 Å². The van der Waals surface area contributed by atoms with E-state index in [-0.39, 0.29) is 5.91 Å². The number of rotatable bonds is 7. The molecule has 18 heavy (non-hydrogen) atoms. The zero-order chi connectivity index (χ0) is 13.4. The minimum absolute atomic E-state index is 0.00997. The number of nitrogens with one attached hydrogen (secondary N) is 1. The first-order valence-electron chi connectivity index (χ1n) is 6.25. The number of hydrogen-bond donors (Lipinski definition) is 1. The van der Waals surface area contributed by atoms with E-state index in [0.29, 0.717) is 5.56 Å². The molecule has 0 bridgehead atoms.